The lowest BCUT2D eigenvalue weighted by Crippen LogP contribution is -2.38. The Morgan fingerprint density at radius 1 is 1.33 bits per heavy atom. The smallest absolute Gasteiger partial charge is 0.244 e. The summed E-state index contributed by atoms with van der Waals surface area (Å²) in [5, 5.41) is 18.3. The Morgan fingerprint density at radius 2 is 2.20 bits per heavy atom. The number of hydrogen-bond donors (Lipinski definition) is 2. The maximum absolute atomic E-state index is 10.5. The lowest BCUT2D eigenvalue weighted by Gasteiger charge is -2.35. The molecule has 1 saturated carbocycles. The van der Waals surface area contributed by atoms with Crippen LogP contribution in [0.15, 0.2) is 37.1 Å². The fraction of sp³-hybridized carbons (Fsp3) is 0.429. The van der Waals surface area contributed by atoms with Crippen LogP contribution in [-0.2, 0) is 0 Å². The molecule has 4 heterocycles. The summed E-state index contributed by atoms with van der Waals surface area (Å²) < 4.78 is 31.5. The Bertz CT molecular complexity index is 1290. The van der Waals surface area contributed by atoms with Crippen LogP contribution < -0.4 is 10.1 Å². The van der Waals surface area contributed by atoms with Crippen LogP contribution in [0.2, 0.25) is 0 Å². The summed E-state index contributed by atoms with van der Waals surface area (Å²) in [6, 6.07) is 1.90. The quantitative estimate of drug-likeness (QED) is 0.521. The minimum Gasteiger partial charge on any atom is -0.479 e. The highest BCUT2D eigenvalue weighted by atomic mass is 16.5. The normalized spacial score (nSPS) is 23.8. The van der Waals surface area contributed by atoms with Crippen LogP contribution in [0.4, 0.5) is 5.95 Å². The summed E-state index contributed by atoms with van der Waals surface area (Å²) in [6.07, 6.45) is 12.4. The van der Waals surface area contributed by atoms with Gasteiger partial charge in [0, 0.05) is 48.2 Å². The molecule has 1 aliphatic rings. The van der Waals surface area contributed by atoms with E-state index in [4.69, 9.17) is 8.85 Å². The predicted molar refractivity (Wildman–Crippen MR) is 113 cm³/mol. The van der Waals surface area contributed by atoms with Gasteiger partial charge in [-0.05, 0) is 38.2 Å². The number of fused-ring (bicyclic) bond motifs is 2. The van der Waals surface area contributed by atoms with Gasteiger partial charge in [0.05, 0.1) is 16.8 Å². The molecule has 1 aliphatic carbocycles. The molecule has 0 unspecified atom stereocenters. The van der Waals surface area contributed by atoms with Gasteiger partial charge in [0.15, 0.2) is 0 Å². The van der Waals surface area contributed by atoms with Crippen LogP contribution >= 0.6 is 0 Å². The van der Waals surface area contributed by atoms with Gasteiger partial charge in [-0.1, -0.05) is 6.92 Å². The molecule has 9 nitrogen and oxygen atoms in total. The fourth-order valence-electron chi connectivity index (χ4n) is 4.15. The molecule has 4 aromatic heterocycles. The Balaban J connectivity index is 1.51. The fourth-order valence-corrected chi connectivity index (χ4v) is 4.15. The van der Waals surface area contributed by atoms with E-state index in [0.717, 1.165) is 24.8 Å². The molecule has 1 fully saturated rings. The SMILES string of the molecule is [2H]C([2H])([2H])Oc1nc(NC2CCC(O)(CC)CC2)nn2ccc(-c3cnc4nccn4c3)c12. The molecule has 4 aromatic rings. The molecule has 0 atom stereocenters. The maximum Gasteiger partial charge on any atom is 0.244 e. The van der Waals surface area contributed by atoms with Crippen molar-refractivity contribution in [1.82, 2.24) is 29.0 Å². The van der Waals surface area contributed by atoms with Crippen molar-refractivity contribution in [2.75, 3.05) is 12.4 Å². The van der Waals surface area contributed by atoms with Crippen molar-refractivity contribution < 1.29 is 14.0 Å². The third-order valence-electron chi connectivity index (χ3n) is 6.04. The van der Waals surface area contributed by atoms with Gasteiger partial charge in [-0.25, -0.2) is 14.5 Å². The molecular weight excluding hydrogens is 382 g/mol. The second kappa shape index (κ2) is 7.24. The van der Waals surface area contributed by atoms with Crippen LogP contribution in [0.3, 0.4) is 0 Å². The monoisotopic (exact) mass is 410 g/mol. The first kappa shape index (κ1) is 15.6. The Kier molecular flexibility index (Phi) is 3.77. The number of hydrogen-bond acceptors (Lipinski definition) is 7. The lowest BCUT2D eigenvalue weighted by molar-refractivity contribution is -0.00199. The second-order valence-corrected chi connectivity index (χ2v) is 7.84. The number of aromatic nitrogens is 6. The van der Waals surface area contributed by atoms with Crippen molar-refractivity contribution in [3.05, 3.63) is 37.1 Å². The van der Waals surface area contributed by atoms with E-state index in [2.05, 4.69) is 25.4 Å². The minimum absolute atomic E-state index is 0.0425. The van der Waals surface area contributed by atoms with E-state index in [-0.39, 0.29) is 17.9 Å². The number of nitrogens with zero attached hydrogens (tertiary/aromatic N) is 6. The predicted octanol–water partition coefficient (Wildman–Crippen LogP) is 2.94. The van der Waals surface area contributed by atoms with Crippen molar-refractivity contribution in [2.24, 2.45) is 0 Å². The molecule has 0 radical (unpaired) electrons. The molecule has 0 spiro atoms. The average Bonchev–Trinajstić information content (AvgIpc) is 3.41. The minimum atomic E-state index is -2.68. The molecule has 0 aliphatic heterocycles. The second-order valence-electron chi connectivity index (χ2n) is 7.84. The van der Waals surface area contributed by atoms with E-state index in [1.807, 2.05) is 19.2 Å². The van der Waals surface area contributed by atoms with E-state index in [1.165, 1.54) is 0 Å². The zero-order valence-electron chi connectivity index (χ0n) is 19.6. The number of anilines is 1. The summed E-state index contributed by atoms with van der Waals surface area (Å²) in [7, 11) is -2.68. The Morgan fingerprint density at radius 3 is 3.00 bits per heavy atom. The number of nitrogens with one attached hydrogen (secondary N) is 1. The van der Waals surface area contributed by atoms with E-state index in [9.17, 15) is 5.11 Å². The molecule has 0 aromatic carbocycles. The first-order valence-electron chi connectivity index (χ1n) is 11.6. The lowest BCUT2D eigenvalue weighted by atomic mass is 9.80. The molecular formula is C21H25N7O2. The first-order chi connectivity index (χ1) is 15.7. The van der Waals surface area contributed by atoms with E-state index >= 15 is 0 Å². The molecule has 5 rings (SSSR count). The molecule has 0 amide bonds. The van der Waals surface area contributed by atoms with Crippen molar-refractivity contribution in [3.8, 4) is 17.0 Å². The van der Waals surface area contributed by atoms with Crippen molar-refractivity contribution in [2.45, 2.75) is 50.7 Å². The molecule has 9 heteroatoms. The third-order valence-corrected chi connectivity index (χ3v) is 6.04. The van der Waals surface area contributed by atoms with Crippen molar-refractivity contribution in [3.63, 3.8) is 0 Å². The Labute approximate surface area is 178 Å². The van der Waals surface area contributed by atoms with Crippen molar-refractivity contribution in [1.29, 1.82) is 0 Å². The number of imidazole rings is 1. The van der Waals surface area contributed by atoms with Gasteiger partial charge in [0.1, 0.15) is 5.52 Å². The van der Waals surface area contributed by atoms with E-state index in [0.29, 0.717) is 29.7 Å². The summed E-state index contributed by atoms with van der Waals surface area (Å²) in [5.41, 5.74) is 1.25. The molecule has 2 N–H and O–H groups in total. The number of methoxy groups -OCH3 is 1. The third kappa shape index (κ3) is 3.24. The highest BCUT2D eigenvalue weighted by Gasteiger charge is 2.31. The zero-order chi connectivity index (χ0) is 23.2. The molecule has 30 heavy (non-hydrogen) atoms. The number of aliphatic hydroxyl groups is 1. The van der Waals surface area contributed by atoms with Crippen LogP contribution in [-0.4, -0.2) is 52.8 Å². The highest BCUT2D eigenvalue weighted by Crippen LogP contribution is 2.34. The van der Waals surface area contributed by atoms with E-state index in [1.54, 1.807) is 33.7 Å². The Hall–Kier alpha value is -3.20. The van der Waals surface area contributed by atoms with Gasteiger partial charge < -0.3 is 15.2 Å². The standard InChI is InChI=1S/C21H25N7O2/c1-3-21(29)7-4-15(5-8-21)24-19-25-18(30-2)17-16(6-10-28(17)26-19)14-12-23-20-22-9-11-27(20)13-14/h6,9-13,15,29H,3-5,7-8H2,1-2H3,(H,24,26)/i2D3. The van der Waals surface area contributed by atoms with Gasteiger partial charge >= 0.3 is 0 Å². The summed E-state index contributed by atoms with van der Waals surface area (Å²) in [4.78, 5) is 12.9. The number of rotatable bonds is 5. The van der Waals surface area contributed by atoms with Crippen LogP contribution in [0.25, 0.3) is 22.4 Å². The molecule has 0 bridgehead atoms. The summed E-state index contributed by atoms with van der Waals surface area (Å²) in [5.74, 6) is 0.796. The van der Waals surface area contributed by atoms with Gasteiger partial charge in [-0.2, -0.15) is 4.98 Å². The van der Waals surface area contributed by atoms with Gasteiger partial charge in [0.25, 0.3) is 0 Å². The van der Waals surface area contributed by atoms with Crippen molar-refractivity contribution >= 4 is 17.2 Å². The zero-order valence-corrected chi connectivity index (χ0v) is 16.6. The summed E-state index contributed by atoms with van der Waals surface area (Å²) in [6.45, 7) is 1.99. The molecule has 156 valence electrons. The van der Waals surface area contributed by atoms with Gasteiger partial charge in [-0.15, -0.1) is 5.10 Å². The molecule has 0 saturated heterocycles. The van der Waals surface area contributed by atoms with Crippen LogP contribution in [0.1, 0.15) is 43.1 Å². The average molecular weight is 410 g/mol. The topological polar surface area (TPSA) is 102 Å². The van der Waals surface area contributed by atoms with E-state index < -0.39 is 12.6 Å². The van der Waals surface area contributed by atoms with Crippen LogP contribution in [0.5, 0.6) is 5.88 Å². The maximum atomic E-state index is 10.5. The highest BCUT2D eigenvalue weighted by molar-refractivity contribution is 5.84. The van der Waals surface area contributed by atoms with Gasteiger partial charge in [0.2, 0.25) is 17.6 Å². The van der Waals surface area contributed by atoms with Crippen LogP contribution in [0, 0.1) is 0 Å². The largest absolute Gasteiger partial charge is 0.479 e. The number of ether oxygens (including phenoxy) is 1. The first-order valence-corrected chi connectivity index (χ1v) is 10.1. The summed E-state index contributed by atoms with van der Waals surface area (Å²) >= 11 is 0. The van der Waals surface area contributed by atoms with Gasteiger partial charge in [-0.3, -0.25) is 4.40 Å².